The second-order valence-corrected chi connectivity index (χ2v) is 3.71. The van der Waals surface area contributed by atoms with Gasteiger partial charge >= 0.3 is 0 Å². The SMILES string of the molecule is NC(=S)N1C2CCC1CNC2. The molecule has 2 rings (SSSR count). The molecule has 0 radical (unpaired) electrons. The maximum Gasteiger partial charge on any atom is 0.166 e. The molecule has 62 valence electrons. The lowest BCUT2D eigenvalue weighted by atomic mass is 10.2. The van der Waals surface area contributed by atoms with Gasteiger partial charge in [0.15, 0.2) is 5.11 Å². The third-order valence-electron chi connectivity index (χ3n) is 2.63. The van der Waals surface area contributed by atoms with Gasteiger partial charge in [0.1, 0.15) is 0 Å². The standard InChI is InChI=1S/C7H13N3S/c8-7(11)10-5-1-2-6(10)4-9-3-5/h5-6,9H,1-4H2,(H2,8,11). The quantitative estimate of drug-likeness (QED) is 0.490. The molecule has 2 bridgehead atoms. The Morgan fingerprint density at radius 1 is 1.36 bits per heavy atom. The van der Waals surface area contributed by atoms with Crippen molar-refractivity contribution in [3.05, 3.63) is 0 Å². The number of nitrogens with two attached hydrogens (primary N) is 1. The first kappa shape index (κ1) is 7.31. The third kappa shape index (κ3) is 1.10. The molecule has 2 saturated heterocycles. The Labute approximate surface area is 71.9 Å². The van der Waals surface area contributed by atoms with Crippen LogP contribution in [-0.4, -0.2) is 35.2 Å². The third-order valence-corrected chi connectivity index (χ3v) is 2.85. The molecule has 0 aromatic rings. The van der Waals surface area contributed by atoms with Crippen LogP contribution in [0, 0.1) is 0 Å². The number of nitrogens with zero attached hydrogens (tertiary/aromatic N) is 1. The van der Waals surface area contributed by atoms with Crippen molar-refractivity contribution >= 4 is 17.3 Å². The lowest BCUT2D eigenvalue weighted by Crippen LogP contribution is -2.55. The van der Waals surface area contributed by atoms with Crippen molar-refractivity contribution < 1.29 is 0 Å². The van der Waals surface area contributed by atoms with Gasteiger partial charge in [-0.3, -0.25) is 0 Å². The lowest BCUT2D eigenvalue weighted by Gasteiger charge is -2.35. The number of thiocarbonyl (C=S) groups is 1. The zero-order valence-electron chi connectivity index (χ0n) is 6.42. The van der Waals surface area contributed by atoms with Crippen LogP contribution in [0.25, 0.3) is 0 Å². The highest BCUT2D eigenvalue weighted by Crippen LogP contribution is 2.25. The van der Waals surface area contributed by atoms with E-state index < -0.39 is 0 Å². The summed E-state index contributed by atoms with van der Waals surface area (Å²) in [6.45, 7) is 2.10. The normalized spacial score (nSPS) is 35.8. The van der Waals surface area contributed by atoms with Gasteiger partial charge in [-0.15, -0.1) is 0 Å². The summed E-state index contributed by atoms with van der Waals surface area (Å²) in [6, 6.07) is 1.15. The molecular formula is C7H13N3S. The van der Waals surface area contributed by atoms with Crippen LogP contribution in [0.4, 0.5) is 0 Å². The molecule has 3 nitrogen and oxygen atoms in total. The maximum atomic E-state index is 5.62. The van der Waals surface area contributed by atoms with E-state index in [-0.39, 0.29) is 0 Å². The molecule has 0 spiro atoms. The van der Waals surface area contributed by atoms with E-state index in [9.17, 15) is 0 Å². The second kappa shape index (κ2) is 2.60. The van der Waals surface area contributed by atoms with Crippen molar-refractivity contribution in [3.8, 4) is 0 Å². The van der Waals surface area contributed by atoms with Crippen LogP contribution in [0.2, 0.25) is 0 Å². The van der Waals surface area contributed by atoms with Gasteiger partial charge in [0.2, 0.25) is 0 Å². The monoisotopic (exact) mass is 171 g/mol. The zero-order valence-corrected chi connectivity index (χ0v) is 7.23. The minimum absolute atomic E-state index is 0.575. The average molecular weight is 171 g/mol. The molecular weight excluding hydrogens is 158 g/mol. The highest BCUT2D eigenvalue weighted by atomic mass is 32.1. The molecule has 2 heterocycles. The van der Waals surface area contributed by atoms with Crippen molar-refractivity contribution in [3.63, 3.8) is 0 Å². The first-order chi connectivity index (χ1) is 5.29. The number of hydrogen-bond acceptors (Lipinski definition) is 2. The fraction of sp³-hybridized carbons (Fsp3) is 0.857. The lowest BCUT2D eigenvalue weighted by molar-refractivity contribution is 0.254. The maximum absolute atomic E-state index is 5.62. The highest BCUT2D eigenvalue weighted by Gasteiger charge is 2.36. The van der Waals surface area contributed by atoms with Gasteiger partial charge in [-0.1, -0.05) is 0 Å². The molecule has 0 aromatic heterocycles. The first-order valence-electron chi connectivity index (χ1n) is 4.07. The molecule has 0 aliphatic carbocycles. The van der Waals surface area contributed by atoms with Gasteiger partial charge in [0, 0.05) is 25.2 Å². The van der Waals surface area contributed by atoms with Crippen molar-refractivity contribution in [1.82, 2.24) is 10.2 Å². The minimum Gasteiger partial charge on any atom is -0.376 e. The van der Waals surface area contributed by atoms with Gasteiger partial charge in [-0.25, -0.2) is 0 Å². The number of fused-ring (bicyclic) bond motifs is 2. The van der Waals surface area contributed by atoms with Crippen molar-refractivity contribution in [1.29, 1.82) is 0 Å². The van der Waals surface area contributed by atoms with E-state index in [0.717, 1.165) is 13.1 Å². The van der Waals surface area contributed by atoms with Crippen LogP contribution in [0.1, 0.15) is 12.8 Å². The Morgan fingerprint density at radius 3 is 2.27 bits per heavy atom. The molecule has 2 atom stereocenters. The molecule has 11 heavy (non-hydrogen) atoms. The van der Waals surface area contributed by atoms with Gasteiger partial charge in [0.25, 0.3) is 0 Å². The summed E-state index contributed by atoms with van der Waals surface area (Å²) >= 11 is 4.99. The predicted molar refractivity (Wildman–Crippen MR) is 48.3 cm³/mol. The molecule has 4 heteroatoms. The number of hydrogen-bond donors (Lipinski definition) is 2. The fourth-order valence-corrected chi connectivity index (χ4v) is 2.44. The Balaban J connectivity index is 2.15. The van der Waals surface area contributed by atoms with Gasteiger partial charge in [0.05, 0.1) is 0 Å². The summed E-state index contributed by atoms with van der Waals surface area (Å²) in [6.07, 6.45) is 2.49. The van der Waals surface area contributed by atoms with E-state index in [4.69, 9.17) is 18.0 Å². The summed E-state index contributed by atoms with van der Waals surface area (Å²) in [4.78, 5) is 2.20. The molecule has 2 aliphatic rings. The molecule has 0 saturated carbocycles. The summed E-state index contributed by atoms with van der Waals surface area (Å²) in [5.74, 6) is 0. The highest BCUT2D eigenvalue weighted by molar-refractivity contribution is 7.80. The fourth-order valence-electron chi connectivity index (χ4n) is 2.14. The molecule has 3 N–H and O–H groups in total. The molecule has 0 amide bonds. The minimum atomic E-state index is 0.575. The van der Waals surface area contributed by atoms with Gasteiger partial charge in [-0.2, -0.15) is 0 Å². The average Bonchev–Trinajstić information content (AvgIpc) is 2.23. The van der Waals surface area contributed by atoms with Crippen LogP contribution in [0.5, 0.6) is 0 Å². The van der Waals surface area contributed by atoms with Crippen LogP contribution in [0.3, 0.4) is 0 Å². The van der Waals surface area contributed by atoms with E-state index >= 15 is 0 Å². The van der Waals surface area contributed by atoms with E-state index in [2.05, 4.69) is 10.2 Å². The van der Waals surface area contributed by atoms with Gasteiger partial charge in [-0.05, 0) is 25.1 Å². The van der Waals surface area contributed by atoms with Crippen molar-refractivity contribution in [2.75, 3.05) is 13.1 Å². The molecule has 2 aliphatic heterocycles. The van der Waals surface area contributed by atoms with Crippen LogP contribution in [-0.2, 0) is 0 Å². The summed E-state index contributed by atoms with van der Waals surface area (Å²) in [7, 11) is 0. The number of nitrogens with one attached hydrogen (secondary N) is 1. The largest absolute Gasteiger partial charge is 0.376 e. The topological polar surface area (TPSA) is 41.3 Å². The zero-order chi connectivity index (χ0) is 7.84. The van der Waals surface area contributed by atoms with E-state index in [1.807, 2.05) is 0 Å². The van der Waals surface area contributed by atoms with Crippen molar-refractivity contribution in [2.24, 2.45) is 5.73 Å². The second-order valence-electron chi connectivity index (χ2n) is 3.29. The van der Waals surface area contributed by atoms with Crippen molar-refractivity contribution in [2.45, 2.75) is 24.9 Å². The van der Waals surface area contributed by atoms with Crippen LogP contribution >= 0.6 is 12.2 Å². The van der Waals surface area contributed by atoms with Crippen LogP contribution < -0.4 is 11.1 Å². The number of rotatable bonds is 0. The summed E-state index contributed by atoms with van der Waals surface area (Å²) in [5.41, 5.74) is 5.62. The summed E-state index contributed by atoms with van der Waals surface area (Å²) in [5, 5.41) is 3.96. The Hall–Kier alpha value is -0.350. The van der Waals surface area contributed by atoms with Gasteiger partial charge < -0.3 is 16.0 Å². The Bertz CT molecular complexity index is 167. The Morgan fingerprint density at radius 2 is 1.91 bits per heavy atom. The first-order valence-corrected chi connectivity index (χ1v) is 4.48. The smallest absolute Gasteiger partial charge is 0.166 e. The summed E-state index contributed by atoms with van der Waals surface area (Å²) < 4.78 is 0. The van der Waals surface area contributed by atoms with E-state index in [1.54, 1.807) is 0 Å². The number of piperazine rings is 1. The van der Waals surface area contributed by atoms with E-state index in [1.165, 1.54) is 12.8 Å². The van der Waals surface area contributed by atoms with E-state index in [0.29, 0.717) is 17.2 Å². The molecule has 2 unspecified atom stereocenters. The predicted octanol–water partition coefficient (Wildman–Crippen LogP) is -0.334. The molecule has 2 fully saturated rings. The van der Waals surface area contributed by atoms with Crippen LogP contribution in [0.15, 0.2) is 0 Å². The molecule has 0 aromatic carbocycles. The Kier molecular flexibility index (Phi) is 1.73.